The van der Waals surface area contributed by atoms with E-state index in [1.165, 1.54) is 12.4 Å². The molecule has 1 N–H and O–H groups in total. The van der Waals surface area contributed by atoms with Crippen molar-refractivity contribution in [2.24, 2.45) is 12.0 Å². The van der Waals surface area contributed by atoms with E-state index < -0.39 is 11.6 Å². The molecule has 0 radical (unpaired) electrons. The molecule has 2 aromatic rings. The van der Waals surface area contributed by atoms with Crippen LogP contribution in [0.3, 0.4) is 0 Å². The summed E-state index contributed by atoms with van der Waals surface area (Å²) in [4.78, 5) is 10.6. The van der Waals surface area contributed by atoms with Gasteiger partial charge in [-0.2, -0.15) is 5.10 Å². The zero-order valence-corrected chi connectivity index (χ0v) is 16.9. The van der Waals surface area contributed by atoms with Crippen LogP contribution in [0.1, 0.15) is 18.3 Å². The fourth-order valence-corrected chi connectivity index (χ4v) is 2.24. The average Bonchev–Trinajstić information content (AvgIpc) is 2.94. The van der Waals surface area contributed by atoms with Gasteiger partial charge in [-0.05, 0) is 37.1 Å². The fourth-order valence-electron chi connectivity index (χ4n) is 2.24. The highest BCUT2D eigenvalue weighted by Gasteiger charge is 2.10. The number of nitrogens with zero attached hydrogens (tertiary/aromatic N) is 5. The molecule has 0 bridgehead atoms. The molecule has 0 aliphatic rings. The van der Waals surface area contributed by atoms with Crippen LogP contribution in [-0.4, -0.2) is 45.8 Å². The van der Waals surface area contributed by atoms with E-state index in [0.717, 1.165) is 18.0 Å². The number of nitrogens with one attached hydrogen (secondary N) is 1. The lowest BCUT2D eigenvalue weighted by Crippen LogP contribution is -2.39. The zero-order chi connectivity index (χ0) is 17.5. The number of hydrogen-bond acceptors (Lipinski definition) is 3. The molecule has 25 heavy (non-hydrogen) atoms. The van der Waals surface area contributed by atoms with Crippen molar-refractivity contribution in [1.82, 2.24) is 25.0 Å². The molecule has 0 atom stereocenters. The number of aliphatic imine (C=N–C) groups is 1. The lowest BCUT2D eigenvalue weighted by molar-refractivity contribution is 0.448. The summed E-state index contributed by atoms with van der Waals surface area (Å²) in [6.07, 6.45) is 1.83. The van der Waals surface area contributed by atoms with Gasteiger partial charge in [-0.3, -0.25) is 9.67 Å². The summed E-state index contributed by atoms with van der Waals surface area (Å²) < 4.78 is 28.5. The zero-order valence-electron chi connectivity index (χ0n) is 14.5. The van der Waals surface area contributed by atoms with Crippen LogP contribution < -0.4 is 5.32 Å². The molecule has 1 heterocycles. The normalized spacial score (nSPS) is 11.2. The molecule has 0 saturated heterocycles. The number of guanidine groups is 1. The second-order valence-electron chi connectivity index (χ2n) is 5.38. The minimum absolute atomic E-state index is 0. The molecular formula is C16H23F2IN6. The predicted octanol–water partition coefficient (Wildman–Crippen LogP) is 2.35. The summed E-state index contributed by atoms with van der Waals surface area (Å²) in [5.41, 5.74) is 0.325. The molecule has 0 fully saturated rings. The first-order valence-corrected chi connectivity index (χ1v) is 7.77. The van der Waals surface area contributed by atoms with Crippen LogP contribution in [0.4, 0.5) is 8.78 Å². The summed E-state index contributed by atoms with van der Waals surface area (Å²) >= 11 is 0. The Balaban J connectivity index is 0.00000312. The second kappa shape index (κ2) is 10.3. The van der Waals surface area contributed by atoms with Gasteiger partial charge in [0.05, 0.1) is 6.54 Å². The maximum Gasteiger partial charge on any atom is 0.194 e. The first kappa shape index (κ1) is 21.3. The number of aromatic nitrogens is 3. The Hall–Kier alpha value is -1.78. The minimum atomic E-state index is -0.443. The van der Waals surface area contributed by atoms with Gasteiger partial charge >= 0.3 is 0 Å². The summed E-state index contributed by atoms with van der Waals surface area (Å²) in [5, 5.41) is 7.21. The van der Waals surface area contributed by atoms with Crippen molar-refractivity contribution in [2.45, 2.75) is 19.9 Å². The Bertz CT molecular complexity index is 704. The highest BCUT2D eigenvalue weighted by atomic mass is 127. The third-order valence-electron chi connectivity index (χ3n) is 3.53. The van der Waals surface area contributed by atoms with Crippen LogP contribution in [0, 0.1) is 11.6 Å². The van der Waals surface area contributed by atoms with Crippen LogP contribution >= 0.6 is 24.0 Å². The maximum atomic E-state index is 13.6. The Labute approximate surface area is 163 Å². The standard InChI is InChI=1S/C16H22F2N6.HI/c1-4-19-16(23(2)10-15-21-11-22-24(15)3)20-8-7-12-9-13(17)5-6-14(12)18;/h5-6,9,11H,4,7-8,10H2,1-3H3,(H,19,20);1H. The highest BCUT2D eigenvalue weighted by molar-refractivity contribution is 14.0. The van der Waals surface area contributed by atoms with Gasteiger partial charge < -0.3 is 10.2 Å². The first-order valence-electron chi connectivity index (χ1n) is 7.77. The molecule has 0 aliphatic heterocycles. The van der Waals surface area contributed by atoms with E-state index in [-0.39, 0.29) is 24.0 Å². The largest absolute Gasteiger partial charge is 0.357 e. The number of hydrogen-bond donors (Lipinski definition) is 1. The van der Waals surface area contributed by atoms with E-state index >= 15 is 0 Å². The van der Waals surface area contributed by atoms with Gasteiger partial charge in [0, 0.05) is 27.2 Å². The van der Waals surface area contributed by atoms with Crippen LogP contribution in [0.25, 0.3) is 0 Å². The maximum absolute atomic E-state index is 13.6. The van der Waals surface area contributed by atoms with Crippen molar-refractivity contribution in [2.75, 3.05) is 20.1 Å². The van der Waals surface area contributed by atoms with Crippen LogP contribution in [0.2, 0.25) is 0 Å². The molecular weight excluding hydrogens is 441 g/mol. The highest BCUT2D eigenvalue weighted by Crippen LogP contribution is 2.10. The Morgan fingerprint density at radius 3 is 2.76 bits per heavy atom. The van der Waals surface area contributed by atoms with Gasteiger partial charge in [-0.1, -0.05) is 0 Å². The van der Waals surface area contributed by atoms with Gasteiger partial charge in [-0.25, -0.2) is 13.8 Å². The molecule has 0 spiro atoms. The Morgan fingerprint density at radius 2 is 2.12 bits per heavy atom. The smallest absolute Gasteiger partial charge is 0.194 e. The van der Waals surface area contributed by atoms with E-state index in [4.69, 9.17) is 0 Å². The monoisotopic (exact) mass is 464 g/mol. The molecule has 2 rings (SSSR count). The Kier molecular flexibility index (Phi) is 8.73. The van der Waals surface area contributed by atoms with Crippen molar-refractivity contribution in [1.29, 1.82) is 0 Å². The van der Waals surface area contributed by atoms with Gasteiger partial charge in [-0.15, -0.1) is 24.0 Å². The van der Waals surface area contributed by atoms with E-state index in [0.29, 0.717) is 37.6 Å². The number of benzene rings is 1. The van der Waals surface area contributed by atoms with E-state index in [1.54, 1.807) is 4.68 Å². The average molecular weight is 464 g/mol. The van der Waals surface area contributed by atoms with E-state index in [9.17, 15) is 8.78 Å². The van der Waals surface area contributed by atoms with Crippen molar-refractivity contribution >= 4 is 29.9 Å². The number of rotatable bonds is 6. The van der Waals surface area contributed by atoms with Gasteiger partial charge in [0.2, 0.25) is 0 Å². The van der Waals surface area contributed by atoms with Crippen molar-refractivity contribution in [3.8, 4) is 0 Å². The molecule has 0 unspecified atom stereocenters. The van der Waals surface area contributed by atoms with Crippen LogP contribution in [0.5, 0.6) is 0 Å². The lowest BCUT2D eigenvalue weighted by atomic mass is 10.1. The van der Waals surface area contributed by atoms with Crippen molar-refractivity contribution in [3.05, 3.63) is 47.5 Å². The van der Waals surface area contributed by atoms with Crippen molar-refractivity contribution in [3.63, 3.8) is 0 Å². The van der Waals surface area contributed by atoms with Gasteiger partial charge in [0.25, 0.3) is 0 Å². The molecule has 0 saturated carbocycles. The topological polar surface area (TPSA) is 58.3 Å². The van der Waals surface area contributed by atoms with Crippen LogP contribution in [0.15, 0.2) is 29.5 Å². The molecule has 0 amide bonds. The SMILES string of the molecule is CCNC(=NCCc1cc(F)ccc1F)N(C)Cc1ncnn1C.I. The molecule has 138 valence electrons. The van der Waals surface area contributed by atoms with E-state index in [2.05, 4.69) is 20.4 Å². The van der Waals surface area contributed by atoms with Crippen LogP contribution in [-0.2, 0) is 20.0 Å². The number of aryl methyl sites for hydroxylation is 1. The molecule has 1 aromatic carbocycles. The summed E-state index contributed by atoms with van der Waals surface area (Å²) in [5.74, 6) is 0.627. The first-order chi connectivity index (χ1) is 11.5. The minimum Gasteiger partial charge on any atom is -0.357 e. The van der Waals surface area contributed by atoms with Gasteiger partial charge in [0.1, 0.15) is 23.8 Å². The van der Waals surface area contributed by atoms with E-state index in [1.807, 2.05) is 25.9 Å². The fraction of sp³-hybridized carbons (Fsp3) is 0.438. The Morgan fingerprint density at radius 1 is 1.36 bits per heavy atom. The quantitative estimate of drug-likeness (QED) is 0.405. The van der Waals surface area contributed by atoms with Crippen molar-refractivity contribution < 1.29 is 8.78 Å². The predicted molar refractivity (Wildman–Crippen MR) is 104 cm³/mol. The molecule has 1 aromatic heterocycles. The summed E-state index contributed by atoms with van der Waals surface area (Å²) in [6, 6.07) is 3.46. The lowest BCUT2D eigenvalue weighted by Gasteiger charge is -2.21. The molecule has 0 aliphatic carbocycles. The second-order valence-corrected chi connectivity index (χ2v) is 5.38. The van der Waals surface area contributed by atoms with Gasteiger partial charge in [0.15, 0.2) is 5.96 Å². The molecule has 6 nitrogen and oxygen atoms in total. The third kappa shape index (κ3) is 6.22. The third-order valence-corrected chi connectivity index (χ3v) is 3.53. The molecule has 9 heteroatoms. The summed E-state index contributed by atoms with van der Waals surface area (Å²) in [6.45, 7) is 3.57. The number of halogens is 3. The summed E-state index contributed by atoms with van der Waals surface area (Å²) in [7, 11) is 3.71.